The summed E-state index contributed by atoms with van der Waals surface area (Å²) >= 11 is 0. The van der Waals surface area contributed by atoms with Gasteiger partial charge in [-0.2, -0.15) is 10.2 Å². The Morgan fingerprint density at radius 3 is 2.41 bits per heavy atom. The number of aromatic nitrogens is 3. The fraction of sp³-hybridized carbons (Fsp3) is 0.188. The number of pyridine rings is 1. The van der Waals surface area contributed by atoms with E-state index in [1.54, 1.807) is 6.21 Å². The summed E-state index contributed by atoms with van der Waals surface area (Å²) in [6, 6.07) is 27.8. The number of carbonyl (C=O) groups is 1. The lowest BCUT2D eigenvalue weighted by atomic mass is 10.0. The van der Waals surface area contributed by atoms with Crippen LogP contribution < -0.4 is 10.3 Å². The molecule has 1 aliphatic rings. The number of anilines is 1. The van der Waals surface area contributed by atoms with Crippen molar-refractivity contribution in [1.82, 2.24) is 20.2 Å². The topological polar surface area (TPSA) is 75.4 Å². The minimum atomic E-state index is -0.283. The largest absolute Gasteiger partial charge is 0.356 e. The summed E-state index contributed by atoms with van der Waals surface area (Å²) in [6.07, 6.45) is 4.01. The third-order valence-electron chi connectivity index (χ3n) is 7.16. The van der Waals surface area contributed by atoms with Crippen LogP contribution >= 0.6 is 0 Å². The molecule has 7 nitrogen and oxygen atoms in total. The molecule has 0 aliphatic carbocycles. The standard InChI is InChI=1S/C32H30N6O/c1-22-14-16-24(17-15-22)30-20-27(26-12-6-7-13-29(26)34-30)31(39)35-33-21-28-23(2)36-38(25-10-4-3-5-11-25)32(28)37-18-8-9-19-37/h3-7,10-17,20-21H,8-9,18-19H2,1-2H3,(H,35,39)/b33-21-. The molecular formula is C32H30N6O. The van der Waals surface area contributed by atoms with Crippen LogP contribution in [0.3, 0.4) is 0 Å². The number of fused-ring (bicyclic) bond motifs is 1. The summed E-state index contributed by atoms with van der Waals surface area (Å²) in [6.45, 7) is 5.97. The van der Waals surface area contributed by atoms with Crippen LogP contribution in [0.1, 0.15) is 40.0 Å². The molecule has 0 bridgehead atoms. The number of nitrogens with zero attached hydrogens (tertiary/aromatic N) is 5. The number of aryl methyl sites for hydroxylation is 2. The first-order valence-electron chi connectivity index (χ1n) is 13.3. The van der Waals surface area contributed by atoms with E-state index < -0.39 is 0 Å². The quantitative estimate of drug-likeness (QED) is 0.221. The second-order valence-electron chi connectivity index (χ2n) is 9.90. The van der Waals surface area contributed by atoms with Gasteiger partial charge < -0.3 is 4.90 Å². The highest BCUT2D eigenvalue weighted by molar-refractivity contribution is 6.07. The number of nitrogens with one attached hydrogen (secondary N) is 1. The third-order valence-corrected chi connectivity index (χ3v) is 7.16. The number of rotatable bonds is 6. The molecule has 1 N–H and O–H groups in total. The fourth-order valence-corrected chi connectivity index (χ4v) is 5.11. The number of hydrogen-bond acceptors (Lipinski definition) is 5. The summed E-state index contributed by atoms with van der Waals surface area (Å²) < 4.78 is 1.98. The van der Waals surface area contributed by atoms with Gasteiger partial charge in [0.05, 0.1) is 39.9 Å². The molecule has 1 amide bonds. The highest BCUT2D eigenvalue weighted by Crippen LogP contribution is 2.29. The number of hydrogen-bond donors (Lipinski definition) is 1. The fourth-order valence-electron chi connectivity index (χ4n) is 5.11. The summed E-state index contributed by atoms with van der Waals surface area (Å²) in [7, 11) is 0. The number of para-hydroxylation sites is 2. The molecule has 0 spiro atoms. The van der Waals surface area contributed by atoms with Crippen molar-refractivity contribution < 1.29 is 4.79 Å². The molecule has 3 aromatic carbocycles. The van der Waals surface area contributed by atoms with E-state index in [1.807, 2.05) is 84.4 Å². The van der Waals surface area contributed by atoms with Crippen LogP contribution in [0, 0.1) is 13.8 Å². The van der Waals surface area contributed by atoms with Crippen LogP contribution in [0.5, 0.6) is 0 Å². The summed E-state index contributed by atoms with van der Waals surface area (Å²) in [5.41, 5.74) is 9.71. The maximum Gasteiger partial charge on any atom is 0.272 e. The highest BCUT2D eigenvalue weighted by atomic mass is 16.2. The van der Waals surface area contributed by atoms with Crippen molar-refractivity contribution in [1.29, 1.82) is 0 Å². The first kappa shape index (κ1) is 24.6. The molecule has 0 saturated carbocycles. The monoisotopic (exact) mass is 514 g/mol. The number of carbonyl (C=O) groups excluding carboxylic acids is 1. The van der Waals surface area contributed by atoms with E-state index in [0.29, 0.717) is 5.56 Å². The highest BCUT2D eigenvalue weighted by Gasteiger charge is 2.23. The van der Waals surface area contributed by atoms with Crippen LogP contribution in [-0.2, 0) is 0 Å². The van der Waals surface area contributed by atoms with Crippen LogP contribution in [0.4, 0.5) is 5.82 Å². The molecular weight excluding hydrogens is 484 g/mol. The molecule has 2 aromatic heterocycles. The summed E-state index contributed by atoms with van der Waals surface area (Å²) in [5, 5.41) is 10.0. The molecule has 0 radical (unpaired) electrons. The van der Waals surface area contributed by atoms with E-state index in [-0.39, 0.29) is 5.91 Å². The van der Waals surface area contributed by atoms with Gasteiger partial charge in [0.25, 0.3) is 5.91 Å². The molecule has 1 aliphatic heterocycles. The lowest BCUT2D eigenvalue weighted by Gasteiger charge is -2.20. The van der Waals surface area contributed by atoms with Crippen LogP contribution in [-0.4, -0.2) is 40.0 Å². The van der Waals surface area contributed by atoms with Crippen LogP contribution in [0.25, 0.3) is 27.8 Å². The molecule has 0 unspecified atom stereocenters. The number of amides is 1. The van der Waals surface area contributed by atoms with E-state index >= 15 is 0 Å². The van der Waals surface area contributed by atoms with Gasteiger partial charge in [0.1, 0.15) is 5.82 Å². The van der Waals surface area contributed by atoms with Crippen LogP contribution in [0.2, 0.25) is 0 Å². The maximum atomic E-state index is 13.5. The lowest BCUT2D eigenvalue weighted by Crippen LogP contribution is -2.23. The molecule has 1 fully saturated rings. The second kappa shape index (κ2) is 10.5. The van der Waals surface area contributed by atoms with Gasteiger partial charge in [-0.25, -0.2) is 15.1 Å². The van der Waals surface area contributed by atoms with Gasteiger partial charge in [0, 0.05) is 24.0 Å². The third kappa shape index (κ3) is 4.91. The molecule has 5 aromatic rings. The average Bonchev–Trinajstić information content (AvgIpc) is 3.61. The molecule has 6 rings (SSSR count). The Balaban J connectivity index is 1.33. The average molecular weight is 515 g/mol. The van der Waals surface area contributed by atoms with Crippen molar-refractivity contribution in [2.45, 2.75) is 26.7 Å². The van der Waals surface area contributed by atoms with Gasteiger partial charge in [0.15, 0.2) is 0 Å². The Labute approximate surface area is 227 Å². The van der Waals surface area contributed by atoms with E-state index in [0.717, 1.165) is 70.9 Å². The zero-order valence-corrected chi connectivity index (χ0v) is 22.1. The van der Waals surface area contributed by atoms with Gasteiger partial charge >= 0.3 is 0 Å². The Morgan fingerprint density at radius 2 is 1.64 bits per heavy atom. The van der Waals surface area contributed by atoms with Crippen molar-refractivity contribution in [2.24, 2.45) is 5.10 Å². The maximum absolute atomic E-state index is 13.5. The Kier molecular flexibility index (Phi) is 6.63. The minimum Gasteiger partial charge on any atom is -0.356 e. The Morgan fingerprint density at radius 1 is 0.923 bits per heavy atom. The van der Waals surface area contributed by atoms with Crippen molar-refractivity contribution in [3.63, 3.8) is 0 Å². The van der Waals surface area contributed by atoms with Crippen molar-refractivity contribution in [3.8, 4) is 16.9 Å². The second-order valence-corrected chi connectivity index (χ2v) is 9.90. The number of benzene rings is 3. The molecule has 3 heterocycles. The lowest BCUT2D eigenvalue weighted by molar-refractivity contribution is 0.0956. The zero-order chi connectivity index (χ0) is 26.8. The summed E-state index contributed by atoms with van der Waals surface area (Å²) in [5.74, 6) is 0.722. The first-order valence-corrected chi connectivity index (χ1v) is 13.3. The Bertz CT molecular complexity index is 1670. The number of hydrazone groups is 1. The van der Waals surface area contributed by atoms with E-state index in [2.05, 4.69) is 34.5 Å². The SMILES string of the molecule is Cc1ccc(-c2cc(C(=O)N/N=C\c3c(C)nn(-c4ccccc4)c3N3CCCC3)c3ccccc3n2)cc1. The summed E-state index contributed by atoms with van der Waals surface area (Å²) in [4.78, 5) is 20.6. The zero-order valence-electron chi connectivity index (χ0n) is 22.1. The van der Waals surface area contributed by atoms with Gasteiger partial charge in [-0.3, -0.25) is 4.79 Å². The molecule has 0 atom stereocenters. The van der Waals surface area contributed by atoms with Crippen LogP contribution in [0.15, 0.2) is 90.0 Å². The first-order chi connectivity index (χ1) is 19.1. The predicted octanol–water partition coefficient (Wildman–Crippen LogP) is 6.07. The van der Waals surface area contributed by atoms with Crippen molar-refractivity contribution in [2.75, 3.05) is 18.0 Å². The van der Waals surface area contributed by atoms with Gasteiger partial charge in [-0.1, -0.05) is 66.2 Å². The van der Waals surface area contributed by atoms with Crippen molar-refractivity contribution >= 4 is 28.8 Å². The predicted molar refractivity (Wildman–Crippen MR) is 157 cm³/mol. The van der Waals surface area contributed by atoms with E-state index in [4.69, 9.17) is 10.1 Å². The van der Waals surface area contributed by atoms with Gasteiger partial charge in [0.2, 0.25) is 0 Å². The molecule has 7 heteroatoms. The Hall–Kier alpha value is -4.78. The minimum absolute atomic E-state index is 0.283. The van der Waals surface area contributed by atoms with Gasteiger partial charge in [-0.15, -0.1) is 0 Å². The van der Waals surface area contributed by atoms with Gasteiger partial charge in [-0.05, 0) is 51.0 Å². The smallest absolute Gasteiger partial charge is 0.272 e. The van der Waals surface area contributed by atoms with Crippen molar-refractivity contribution in [3.05, 3.63) is 107 Å². The van der Waals surface area contributed by atoms with E-state index in [9.17, 15) is 4.79 Å². The van der Waals surface area contributed by atoms with E-state index in [1.165, 1.54) is 5.56 Å². The molecule has 194 valence electrons. The normalized spacial score (nSPS) is 13.4. The molecule has 1 saturated heterocycles. The molecule has 39 heavy (non-hydrogen) atoms.